The number of fused-ring (bicyclic) bond motifs is 7. The summed E-state index contributed by atoms with van der Waals surface area (Å²) in [5, 5.41) is 2.59. The van der Waals surface area contributed by atoms with E-state index in [2.05, 4.69) is 105 Å². The molecular formula is C45H30N2O2. The van der Waals surface area contributed by atoms with Gasteiger partial charge < -0.3 is 8.83 Å². The molecule has 2 aromatic heterocycles. The van der Waals surface area contributed by atoms with Gasteiger partial charge in [-0.25, -0.2) is 9.97 Å². The first kappa shape index (κ1) is 27.8. The maximum absolute atomic E-state index is 6.24. The maximum Gasteiger partial charge on any atom is 0.227 e. The quantitative estimate of drug-likeness (QED) is 0.194. The summed E-state index contributed by atoms with van der Waals surface area (Å²) in [6, 6.07) is 51.1. The Bertz CT molecular complexity index is 2610. The van der Waals surface area contributed by atoms with Crippen LogP contribution in [0, 0.1) is 0 Å². The second kappa shape index (κ2) is 10.4. The van der Waals surface area contributed by atoms with E-state index in [9.17, 15) is 0 Å². The second-order valence-corrected chi connectivity index (χ2v) is 13.4. The zero-order chi connectivity index (χ0) is 32.7. The van der Waals surface area contributed by atoms with Gasteiger partial charge in [-0.05, 0) is 110 Å². The number of hydrogen-bond donors (Lipinski definition) is 0. The van der Waals surface area contributed by atoms with E-state index in [-0.39, 0.29) is 5.41 Å². The van der Waals surface area contributed by atoms with Crippen molar-refractivity contribution in [3.8, 4) is 56.3 Å². The molecule has 7 aromatic carbocycles. The molecule has 1 aliphatic carbocycles. The average molecular weight is 631 g/mol. The Balaban J connectivity index is 1.10. The first-order valence-corrected chi connectivity index (χ1v) is 16.6. The zero-order valence-electron chi connectivity index (χ0n) is 27.1. The largest absolute Gasteiger partial charge is 0.436 e. The van der Waals surface area contributed by atoms with E-state index in [1.54, 1.807) is 0 Å². The third kappa shape index (κ3) is 4.38. The number of benzene rings is 7. The van der Waals surface area contributed by atoms with Gasteiger partial charge in [-0.2, -0.15) is 0 Å². The van der Waals surface area contributed by atoms with Crippen molar-refractivity contribution in [2.45, 2.75) is 19.3 Å². The van der Waals surface area contributed by atoms with Crippen LogP contribution in [0.15, 0.2) is 154 Å². The van der Waals surface area contributed by atoms with Crippen molar-refractivity contribution in [1.29, 1.82) is 0 Å². The molecule has 10 rings (SSSR count). The summed E-state index contributed by atoms with van der Waals surface area (Å²) in [7, 11) is 0. The Kier molecular flexibility index (Phi) is 5.89. The molecule has 0 fully saturated rings. The van der Waals surface area contributed by atoms with E-state index >= 15 is 0 Å². The lowest BCUT2D eigenvalue weighted by Gasteiger charge is -2.22. The highest BCUT2D eigenvalue weighted by atomic mass is 16.4. The molecule has 0 radical (unpaired) electrons. The number of oxazole rings is 2. The Morgan fingerprint density at radius 3 is 1.71 bits per heavy atom. The molecule has 0 bridgehead atoms. The van der Waals surface area contributed by atoms with Crippen molar-refractivity contribution in [3.05, 3.63) is 157 Å². The summed E-state index contributed by atoms with van der Waals surface area (Å²) in [5.74, 6) is 1.12. The van der Waals surface area contributed by atoms with Crippen LogP contribution in [0.3, 0.4) is 0 Å². The van der Waals surface area contributed by atoms with Gasteiger partial charge in [0.2, 0.25) is 11.8 Å². The van der Waals surface area contributed by atoms with Crippen molar-refractivity contribution >= 4 is 33.0 Å². The molecule has 1 aliphatic rings. The van der Waals surface area contributed by atoms with Crippen molar-refractivity contribution in [2.24, 2.45) is 0 Å². The van der Waals surface area contributed by atoms with E-state index in [1.807, 2.05) is 54.6 Å². The summed E-state index contributed by atoms with van der Waals surface area (Å²) in [6.45, 7) is 4.69. The summed E-state index contributed by atoms with van der Waals surface area (Å²) in [4.78, 5) is 9.65. The maximum atomic E-state index is 6.24. The minimum absolute atomic E-state index is 0.106. The molecule has 4 nitrogen and oxygen atoms in total. The minimum Gasteiger partial charge on any atom is -0.436 e. The Morgan fingerprint density at radius 1 is 0.449 bits per heavy atom. The van der Waals surface area contributed by atoms with E-state index in [0.29, 0.717) is 11.8 Å². The molecule has 0 amide bonds. The molecule has 0 spiro atoms. The van der Waals surface area contributed by atoms with Gasteiger partial charge in [0.05, 0.1) is 0 Å². The number of aromatic nitrogens is 2. The summed E-state index contributed by atoms with van der Waals surface area (Å²) in [6.07, 6.45) is 0. The second-order valence-electron chi connectivity index (χ2n) is 13.4. The summed E-state index contributed by atoms with van der Waals surface area (Å²) < 4.78 is 12.5. The normalized spacial score (nSPS) is 13.3. The fourth-order valence-electron chi connectivity index (χ4n) is 7.60. The zero-order valence-corrected chi connectivity index (χ0v) is 27.1. The van der Waals surface area contributed by atoms with Crippen molar-refractivity contribution < 1.29 is 8.83 Å². The van der Waals surface area contributed by atoms with Crippen LogP contribution in [0.2, 0.25) is 0 Å². The molecule has 0 atom stereocenters. The Labute approximate surface area is 283 Å². The van der Waals surface area contributed by atoms with Crippen LogP contribution in [-0.4, -0.2) is 9.97 Å². The SMILES string of the molecule is CC1(C)c2cc(-c3cccc(-c4cc(-c5nc6ccccc6o5)cc(-c5nc6ccccc6o5)c4)c3)ccc2-c2c1ccc1ccccc21. The van der Waals surface area contributed by atoms with Gasteiger partial charge in [0.1, 0.15) is 11.0 Å². The molecule has 0 saturated carbocycles. The first-order chi connectivity index (χ1) is 24.0. The van der Waals surface area contributed by atoms with Crippen LogP contribution >= 0.6 is 0 Å². The molecule has 0 aliphatic heterocycles. The van der Waals surface area contributed by atoms with Crippen LogP contribution in [0.5, 0.6) is 0 Å². The number of hydrogen-bond acceptors (Lipinski definition) is 4. The van der Waals surface area contributed by atoms with E-state index in [1.165, 1.54) is 38.6 Å². The van der Waals surface area contributed by atoms with Gasteiger partial charge in [0, 0.05) is 16.5 Å². The number of nitrogens with zero attached hydrogens (tertiary/aromatic N) is 2. The van der Waals surface area contributed by atoms with Gasteiger partial charge in [-0.3, -0.25) is 0 Å². The van der Waals surface area contributed by atoms with Gasteiger partial charge in [-0.1, -0.05) is 105 Å². The van der Waals surface area contributed by atoms with Crippen molar-refractivity contribution in [3.63, 3.8) is 0 Å². The highest BCUT2D eigenvalue weighted by Crippen LogP contribution is 2.52. The molecular weight excluding hydrogens is 601 g/mol. The van der Waals surface area contributed by atoms with Gasteiger partial charge in [-0.15, -0.1) is 0 Å². The predicted octanol–water partition coefficient (Wildman–Crippen LogP) is 12.1. The topological polar surface area (TPSA) is 52.1 Å². The Hall–Kier alpha value is -6.26. The van der Waals surface area contributed by atoms with Crippen molar-refractivity contribution in [1.82, 2.24) is 9.97 Å². The van der Waals surface area contributed by atoms with E-state index < -0.39 is 0 Å². The first-order valence-electron chi connectivity index (χ1n) is 16.6. The van der Waals surface area contributed by atoms with Gasteiger partial charge in [0.15, 0.2) is 11.2 Å². The molecule has 0 saturated heterocycles. The molecule has 0 unspecified atom stereocenters. The molecule has 0 N–H and O–H groups in total. The number of para-hydroxylation sites is 4. The third-order valence-corrected chi connectivity index (χ3v) is 10.1. The van der Waals surface area contributed by atoms with Gasteiger partial charge in [0.25, 0.3) is 0 Å². The molecule has 4 heteroatoms. The van der Waals surface area contributed by atoms with Crippen LogP contribution in [-0.2, 0) is 5.41 Å². The summed E-state index contributed by atoms with van der Waals surface area (Å²) in [5.41, 5.74) is 14.7. The smallest absolute Gasteiger partial charge is 0.227 e. The molecule has 49 heavy (non-hydrogen) atoms. The van der Waals surface area contributed by atoms with E-state index in [4.69, 9.17) is 18.8 Å². The summed E-state index contributed by atoms with van der Waals surface area (Å²) >= 11 is 0. The van der Waals surface area contributed by atoms with Crippen molar-refractivity contribution in [2.75, 3.05) is 0 Å². The fraction of sp³-hybridized carbons (Fsp3) is 0.0667. The minimum atomic E-state index is -0.106. The van der Waals surface area contributed by atoms with Crippen LogP contribution in [0.1, 0.15) is 25.0 Å². The lowest BCUT2D eigenvalue weighted by molar-refractivity contribution is 0.617. The third-order valence-electron chi connectivity index (χ3n) is 10.1. The molecule has 2 heterocycles. The van der Waals surface area contributed by atoms with E-state index in [0.717, 1.165) is 50.0 Å². The fourth-order valence-corrected chi connectivity index (χ4v) is 7.60. The number of rotatable bonds is 4. The molecule has 232 valence electrons. The van der Waals surface area contributed by atoms with Crippen LogP contribution < -0.4 is 0 Å². The Morgan fingerprint density at radius 2 is 1.02 bits per heavy atom. The lowest BCUT2D eigenvalue weighted by Crippen LogP contribution is -2.15. The standard InChI is InChI=1S/C45H30N2O2/c1-45(2)36-21-19-27-10-3-4-13-34(27)42(36)35-20-18-30(26-37(35)45)28-11-9-12-29(22-28)31-23-32(43-46-38-14-5-7-16-40(38)48-43)25-33(24-31)44-47-39-15-6-8-17-41(39)49-44/h3-26H,1-2H3. The highest BCUT2D eigenvalue weighted by Gasteiger charge is 2.36. The average Bonchev–Trinajstić information content (AvgIpc) is 3.84. The predicted molar refractivity (Wildman–Crippen MR) is 198 cm³/mol. The van der Waals surface area contributed by atoms with Gasteiger partial charge >= 0.3 is 0 Å². The van der Waals surface area contributed by atoms with Crippen LogP contribution in [0.25, 0.3) is 89.3 Å². The monoisotopic (exact) mass is 630 g/mol. The highest BCUT2D eigenvalue weighted by molar-refractivity contribution is 6.03. The van der Waals surface area contributed by atoms with Crippen LogP contribution in [0.4, 0.5) is 0 Å². The lowest BCUT2D eigenvalue weighted by atomic mass is 9.81. The molecule has 9 aromatic rings.